The second-order valence-corrected chi connectivity index (χ2v) is 6.92. The van der Waals surface area contributed by atoms with E-state index >= 15 is 0 Å². The van der Waals surface area contributed by atoms with Gasteiger partial charge in [-0.15, -0.1) is 0 Å². The van der Waals surface area contributed by atoms with Gasteiger partial charge in [0.25, 0.3) is 5.91 Å². The molecule has 25 heavy (non-hydrogen) atoms. The number of nitrogens with one attached hydrogen (secondary N) is 2. The van der Waals surface area contributed by atoms with Gasteiger partial charge in [0.1, 0.15) is 5.69 Å². The van der Waals surface area contributed by atoms with Gasteiger partial charge in [0, 0.05) is 22.9 Å². The second-order valence-electron chi connectivity index (χ2n) is 6.52. The van der Waals surface area contributed by atoms with Crippen molar-refractivity contribution >= 4 is 29.1 Å². The first kappa shape index (κ1) is 17.7. The maximum atomic E-state index is 12.5. The number of carbonyl (C=O) groups excluding carboxylic acids is 1. The normalized spacial score (nSPS) is 15.4. The lowest BCUT2D eigenvalue weighted by molar-refractivity contribution is 0.0928. The van der Waals surface area contributed by atoms with Gasteiger partial charge >= 0.3 is 0 Å². The van der Waals surface area contributed by atoms with E-state index in [0.717, 1.165) is 24.1 Å². The summed E-state index contributed by atoms with van der Waals surface area (Å²) < 4.78 is 0. The van der Waals surface area contributed by atoms with Crippen LogP contribution in [0.5, 0.6) is 0 Å². The molecule has 5 nitrogen and oxygen atoms in total. The molecule has 3 rings (SSSR count). The first-order valence-corrected chi connectivity index (χ1v) is 9.17. The Bertz CT molecular complexity index is 742. The fourth-order valence-corrected chi connectivity index (χ4v) is 3.21. The number of carbonyl (C=O) groups is 1. The molecule has 1 aliphatic carbocycles. The summed E-state index contributed by atoms with van der Waals surface area (Å²) in [5.74, 6) is 0.243. The Balaban J connectivity index is 1.67. The zero-order valence-electron chi connectivity index (χ0n) is 14.4. The molecule has 2 aromatic rings. The molecule has 0 spiro atoms. The van der Waals surface area contributed by atoms with Crippen LogP contribution in [-0.4, -0.2) is 21.9 Å². The average Bonchev–Trinajstić information content (AvgIpc) is 2.87. The molecule has 1 aromatic carbocycles. The largest absolute Gasteiger partial charge is 0.348 e. The van der Waals surface area contributed by atoms with E-state index < -0.39 is 0 Å². The Morgan fingerprint density at radius 1 is 1.16 bits per heavy atom. The summed E-state index contributed by atoms with van der Waals surface area (Å²) in [6, 6.07) is 7.53. The maximum absolute atomic E-state index is 12.5. The van der Waals surface area contributed by atoms with E-state index in [2.05, 4.69) is 20.6 Å². The van der Waals surface area contributed by atoms with Crippen molar-refractivity contribution in [3.63, 3.8) is 0 Å². The number of benzene rings is 1. The van der Waals surface area contributed by atoms with E-state index in [9.17, 15) is 4.79 Å². The van der Waals surface area contributed by atoms with E-state index in [0.29, 0.717) is 16.7 Å². The fourth-order valence-electron chi connectivity index (χ4n) is 3.03. The molecule has 132 valence electrons. The summed E-state index contributed by atoms with van der Waals surface area (Å²) in [4.78, 5) is 21.0. The van der Waals surface area contributed by atoms with Gasteiger partial charge in [0.05, 0.1) is 0 Å². The van der Waals surface area contributed by atoms with Crippen molar-refractivity contribution in [2.75, 3.05) is 5.32 Å². The molecule has 1 aromatic heterocycles. The van der Waals surface area contributed by atoms with Crippen molar-refractivity contribution in [3.8, 4) is 0 Å². The molecule has 0 aliphatic heterocycles. The van der Waals surface area contributed by atoms with E-state index in [1.165, 1.54) is 25.7 Å². The van der Waals surface area contributed by atoms with Crippen LogP contribution in [0.15, 0.2) is 30.5 Å². The zero-order valence-corrected chi connectivity index (χ0v) is 15.1. The van der Waals surface area contributed by atoms with Crippen LogP contribution in [0.2, 0.25) is 5.02 Å². The van der Waals surface area contributed by atoms with E-state index in [4.69, 9.17) is 11.6 Å². The molecular formula is C19H23ClN4O. The van der Waals surface area contributed by atoms with Crippen LogP contribution in [-0.2, 0) is 0 Å². The highest BCUT2D eigenvalue weighted by atomic mass is 35.5. The lowest BCUT2D eigenvalue weighted by Gasteiger charge is -2.16. The number of hydrogen-bond acceptors (Lipinski definition) is 4. The van der Waals surface area contributed by atoms with Crippen molar-refractivity contribution in [1.29, 1.82) is 0 Å². The summed E-state index contributed by atoms with van der Waals surface area (Å²) >= 11 is 6.14. The van der Waals surface area contributed by atoms with Gasteiger partial charge in [-0.25, -0.2) is 9.97 Å². The van der Waals surface area contributed by atoms with Crippen LogP contribution in [0.3, 0.4) is 0 Å². The van der Waals surface area contributed by atoms with Gasteiger partial charge in [0.2, 0.25) is 5.95 Å². The van der Waals surface area contributed by atoms with Crippen LogP contribution in [0.25, 0.3) is 0 Å². The van der Waals surface area contributed by atoms with Crippen molar-refractivity contribution in [2.45, 2.75) is 51.5 Å². The molecule has 1 amide bonds. The van der Waals surface area contributed by atoms with Crippen LogP contribution in [0.4, 0.5) is 11.6 Å². The smallest absolute Gasteiger partial charge is 0.270 e. The average molecular weight is 359 g/mol. The van der Waals surface area contributed by atoms with Crippen LogP contribution >= 0.6 is 11.6 Å². The number of nitrogens with zero attached hydrogens (tertiary/aromatic N) is 2. The molecular weight excluding hydrogens is 336 g/mol. The Kier molecular flexibility index (Phi) is 5.87. The Hall–Kier alpha value is -2.14. The highest BCUT2D eigenvalue weighted by Crippen LogP contribution is 2.22. The lowest BCUT2D eigenvalue weighted by Crippen LogP contribution is -2.35. The van der Waals surface area contributed by atoms with Gasteiger partial charge in [-0.05, 0) is 43.5 Å². The summed E-state index contributed by atoms with van der Waals surface area (Å²) in [7, 11) is 0. The van der Waals surface area contributed by atoms with Gasteiger partial charge in [-0.1, -0.05) is 43.4 Å². The first-order valence-electron chi connectivity index (χ1n) is 8.79. The molecule has 1 saturated carbocycles. The summed E-state index contributed by atoms with van der Waals surface area (Å²) in [5, 5.41) is 6.87. The van der Waals surface area contributed by atoms with Gasteiger partial charge in [0.15, 0.2) is 0 Å². The first-order chi connectivity index (χ1) is 12.1. The number of halogens is 1. The standard InChI is InChI=1S/C19H23ClN4O/c1-13-8-9-15(12-16(13)20)23-19-21-11-10-17(24-19)18(25)22-14-6-4-2-3-5-7-14/h8-12,14H,2-7H2,1H3,(H,22,25)(H,21,23,24). The van der Waals surface area contributed by atoms with Crippen LogP contribution < -0.4 is 10.6 Å². The molecule has 1 heterocycles. The van der Waals surface area contributed by atoms with Crippen molar-refractivity contribution in [2.24, 2.45) is 0 Å². The van der Waals surface area contributed by atoms with Crippen molar-refractivity contribution in [1.82, 2.24) is 15.3 Å². The fraction of sp³-hybridized carbons (Fsp3) is 0.421. The third kappa shape index (κ3) is 4.92. The number of amides is 1. The molecule has 2 N–H and O–H groups in total. The van der Waals surface area contributed by atoms with Crippen LogP contribution in [0.1, 0.15) is 54.6 Å². The molecule has 0 saturated heterocycles. The Morgan fingerprint density at radius 2 is 1.92 bits per heavy atom. The lowest BCUT2D eigenvalue weighted by atomic mass is 10.1. The maximum Gasteiger partial charge on any atom is 0.270 e. The molecule has 0 radical (unpaired) electrons. The van der Waals surface area contributed by atoms with Gasteiger partial charge in [-0.2, -0.15) is 0 Å². The zero-order chi connectivity index (χ0) is 17.6. The number of aromatic nitrogens is 2. The number of hydrogen-bond donors (Lipinski definition) is 2. The highest BCUT2D eigenvalue weighted by molar-refractivity contribution is 6.31. The third-order valence-electron chi connectivity index (χ3n) is 4.51. The second kappa shape index (κ2) is 8.30. The summed E-state index contributed by atoms with van der Waals surface area (Å²) in [5.41, 5.74) is 2.17. The van der Waals surface area contributed by atoms with Crippen molar-refractivity contribution < 1.29 is 4.79 Å². The third-order valence-corrected chi connectivity index (χ3v) is 4.91. The van der Waals surface area contributed by atoms with Gasteiger partial charge in [-0.3, -0.25) is 4.79 Å². The molecule has 1 fully saturated rings. The monoisotopic (exact) mass is 358 g/mol. The molecule has 6 heteroatoms. The summed E-state index contributed by atoms with van der Waals surface area (Å²) in [6.07, 6.45) is 8.55. The SMILES string of the molecule is Cc1ccc(Nc2nccc(C(=O)NC3CCCCCC3)n2)cc1Cl. The van der Waals surface area contributed by atoms with Crippen molar-refractivity contribution in [3.05, 3.63) is 46.7 Å². The van der Waals surface area contributed by atoms with E-state index in [-0.39, 0.29) is 11.9 Å². The Labute approximate surface area is 153 Å². The predicted octanol–water partition coefficient (Wildman–Crippen LogP) is 4.63. The minimum Gasteiger partial charge on any atom is -0.348 e. The van der Waals surface area contributed by atoms with Gasteiger partial charge < -0.3 is 10.6 Å². The molecule has 1 aliphatic rings. The molecule has 0 unspecified atom stereocenters. The predicted molar refractivity (Wildman–Crippen MR) is 100 cm³/mol. The Morgan fingerprint density at radius 3 is 2.64 bits per heavy atom. The number of rotatable bonds is 4. The van der Waals surface area contributed by atoms with E-state index in [1.807, 2.05) is 25.1 Å². The molecule has 0 atom stereocenters. The highest BCUT2D eigenvalue weighted by Gasteiger charge is 2.17. The minimum atomic E-state index is -0.140. The number of aryl methyl sites for hydroxylation is 1. The van der Waals surface area contributed by atoms with Crippen LogP contribution in [0, 0.1) is 6.92 Å². The summed E-state index contributed by atoms with van der Waals surface area (Å²) in [6.45, 7) is 1.95. The quantitative estimate of drug-likeness (QED) is 0.781. The minimum absolute atomic E-state index is 0.140. The molecule has 0 bridgehead atoms. The topological polar surface area (TPSA) is 66.9 Å². The van der Waals surface area contributed by atoms with E-state index in [1.54, 1.807) is 12.3 Å². The number of anilines is 2.